The molecule has 3 aliphatic rings. The van der Waals surface area contributed by atoms with Gasteiger partial charge in [-0.05, 0) is 102 Å². The molecule has 0 aliphatic carbocycles. The Morgan fingerprint density at radius 1 is 0.750 bits per heavy atom. The monoisotopic (exact) mass is 807 g/mol. The molecule has 6 rings (SSSR count). The molecule has 3 saturated heterocycles. The SMILES string of the molecule is CCCCCCCCCCCCOc1ccc(S(=O)(=O)c2cnc3ccc([S@@](C)=O)cc3c2N2CCC(N3CCC(N4CCN(C(C)C)CC4)CC3)CC2)cc1. The van der Waals surface area contributed by atoms with Gasteiger partial charge in [-0.1, -0.05) is 64.7 Å². The van der Waals surface area contributed by atoms with E-state index < -0.39 is 20.6 Å². The molecule has 4 heterocycles. The van der Waals surface area contributed by atoms with Gasteiger partial charge in [0.15, 0.2) is 0 Å². The highest BCUT2D eigenvalue weighted by Gasteiger charge is 2.34. The molecule has 0 amide bonds. The van der Waals surface area contributed by atoms with E-state index in [1.807, 2.05) is 18.2 Å². The number of ether oxygens (including phenoxy) is 1. The lowest BCUT2D eigenvalue weighted by Crippen LogP contribution is -2.56. The summed E-state index contributed by atoms with van der Waals surface area (Å²) >= 11 is 0. The van der Waals surface area contributed by atoms with Gasteiger partial charge in [-0.25, -0.2) is 8.42 Å². The van der Waals surface area contributed by atoms with Crippen molar-refractivity contribution in [2.45, 2.75) is 143 Å². The predicted molar refractivity (Wildman–Crippen MR) is 231 cm³/mol. The van der Waals surface area contributed by atoms with Gasteiger partial charge in [0, 0.05) is 90.9 Å². The van der Waals surface area contributed by atoms with Crippen LogP contribution in [0.25, 0.3) is 10.9 Å². The van der Waals surface area contributed by atoms with E-state index in [4.69, 9.17) is 4.74 Å². The van der Waals surface area contributed by atoms with Gasteiger partial charge < -0.3 is 14.5 Å². The number of hydrogen-bond donors (Lipinski definition) is 0. The van der Waals surface area contributed by atoms with Gasteiger partial charge in [-0.2, -0.15) is 0 Å². The number of piperidine rings is 2. The molecule has 0 N–H and O–H groups in total. The number of likely N-dealkylation sites (tertiary alicyclic amines) is 1. The molecule has 0 bridgehead atoms. The quantitative estimate of drug-likeness (QED) is 0.111. The number of hydrogen-bond acceptors (Lipinski definition) is 9. The van der Waals surface area contributed by atoms with E-state index in [2.05, 4.69) is 45.4 Å². The number of rotatable bonds is 19. The lowest BCUT2D eigenvalue weighted by atomic mass is 9.96. The number of anilines is 1. The Balaban J connectivity index is 1.08. The first-order valence-electron chi connectivity index (χ1n) is 21.9. The molecule has 3 aliphatic heterocycles. The number of pyridine rings is 1. The molecule has 2 aromatic carbocycles. The second-order valence-electron chi connectivity index (χ2n) is 16.8. The summed E-state index contributed by atoms with van der Waals surface area (Å²) in [6.07, 6.45) is 20.3. The Morgan fingerprint density at radius 2 is 1.32 bits per heavy atom. The van der Waals surface area contributed by atoms with Crippen LogP contribution in [0.1, 0.15) is 111 Å². The molecule has 56 heavy (non-hydrogen) atoms. The smallest absolute Gasteiger partial charge is 0.210 e. The van der Waals surface area contributed by atoms with Crippen molar-refractivity contribution in [1.82, 2.24) is 19.7 Å². The van der Waals surface area contributed by atoms with Crippen molar-refractivity contribution >= 4 is 37.2 Å². The maximum Gasteiger partial charge on any atom is 0.210 e. The number of benzene rings is 2. The van der Waals surface area contributed by atoms with Crippen LogP contribution < -0.4 is 9.64 Å². The minimum absolute atomic E-state index is 0.208. The third kappa shape index (κ3) is 11.1. The molecule has 1 aromatic heterocycles. The minimum Gasteiger partial charge on any atom is -0.494 e. The third-order valence-electron chi connectivity index (χ3n) is 12.7. The Morgan fingerprint density at radius 3 is 1.91 bits per heavy atom. The highest BCUT2D eigenvalue weighted by molar-refractivity contribution is 7.91. The number of nitrogens with zero attached hydrogens (tertiary/aromatic N) is 5. The van der Waals surface area contributed by atoms with E-state index in [0.717, 1.165) is 57.2 Å². The summed E-state index contributed by atoms with van der Waals surface area (Å²) in [7, 11) is -5.13. The molecular formula is C45H69N5O4S2. The Kier molecular flexibility index (Phi) is 16.1. The molecule has 310 valence electrons. The van der Waals surface area contributed by atoms with Crippen LogP contribution in [0.2, 0.25) is 0 Å². The molecule has 3 fully saturated rings. The average Bonchev–Trinajstić information content (AvgIpc) is 3.22. The normalized spacial score (nSPS) is 19.3. The van der Waals surface area contributed by atoms with Crippen molar-refractivity contribution < 1.29 is 17.4 Å². The molecular weight excluding hydrogens is 739 g/mol. The molecule has 11 heteroatoms. The van der Waals surface area contributed by atoms with Crippen LogP contribution in [0.5, 0.6) is 5.75 Å². The highest BCUT2D eigenvalue weighted by atomic mass is 32.2. The summed E-state index contributed by atoms with van der Waals surface area (Å²) < 4.78 is 47.6. The van der Waals surface area contributed by atoms with Crippen molar-refractivity contribution in [3.05, 3.63) is 48.7 Å². The lowest BCUT2D eigenvalue weighted by Gasteiger charge is -2.46. The standard InChI is InChI=1S/C45H69N5O4S2/c1-5-6-7-8-9-10-11-12-13-14-33-54-39-15-18-41(19-16-39)56(52,53)44-35-46-43-20-17-40(55(4)51)34-42(43)45(44)50-27-23-37(24-28-50)48-25-21-38(22-26-48)49-31-29-47(30-32-49)36(2)3/h15-20,34-38H,5-14,21-33H2,1-4H3/t55-/m1/s1. The maximum absolute atomic E-state index is 14.5. The van der Waals surface area contributed by atoms with Crippen LogP contribution in [0.3, 0.4) is 0 Å². The zero-order chi connectivity index (χ0) is 39.5. The highest BCUT2D eigenvalue weighted by Crippen LogP contribution is 2.39. The van der Waals surface area contributed by atoms with E-state index >= 15 is 0 Å². The van der Waals surface area contributed by atoms with Crippen molar-refractivity contribution in [1.29, 1.82) is 0 Å². The molecule has 3 aromatic rings. The summed E-state index contributed by atoms with van der Waals surface area (Å²) in [6, 6.07) is 14.2. The van der Waals surface area contributed by atoms with E-state index in [0.29, 0.717) is 46.6 Å². The molecule has 0 spiro atoms. The maximum atomic E-state index is 14.5. The zero-order valence-electron chi connectivity index (χ0n) is 34.8. The van der Waals surface area contributed by atoms with Crippen molar-refractivity contribution in [3.8, 4) is 5.75 Å². The molecule has 0 radical (unpaired) electrons. The second kappa shape index (κ2) is 20.9. The van der Waals surface area contributed by atoms with E-state index in [9.17, 15) is 12.6 Å². The zero-order valence-corrected chi connectivity index (χ0v) is 36.4. The van der Waals surface area contributed by atoms with Gasteiger partial charge >= 0.3 is 0 Å². The first kappa shape index (κ1) is 43.0. The van der Waals surface area contributed by atoms with Gasteiger partial charge in [0.25, 0.3) is 0 Å². The van der Waals surface area contributed by atoms with Gasteiger partial charge in [0.05, 0.1) is 22.7 Å². The summed E-state index contributed by atoms with van der Waals surface area (Å²) in [4.78, 5) is 16.0. The van der Waals surface area contributed by atoms with Gasteiger partial charge in [-0.15, -0.1) is 0 Å². The number of piperazine rings is 1. The number of sulfone groups is 1. The summed E-state index contributed by atoms with van der Waals surface area (Å²) in [5.74, 6) is 0.687. The molecule has 0 saturated carbocycles. The molecule has 0 unspecified atom stereocenters. The van der Waals surface area contributed by atoms with Gasteiger partial charge in [0.1, 0.15) is 10.6 Å². The summed E-state index contributed by atoms with van der Waals surface area (Å²) in [5.41, 5.74) is 1.39. The largest absolute Gasteiger partial charge is 0.494 e. The Hall–Kier alpha value is -2.57. The Labute approximate surface area is 340 Å². The first-order chi connectivity index (χ1) is 27.2. The van der Waals surface area contributed by atoms with Crippen LogP contribution in [0.15, 0.2) is 63.3 Å². The van der Waals surface area contributed by atoms with Crippen LogP contribution in [0, 0.1) is 0 Å². The summed E-state index contributed by atoms with van der Waals surface area (Å²) in [6.45, 7) is 16.0. The lowest BCUT2D eigenvalue weighted by molar-refractivity contribution is 0.0359. The van der Waals surface area contributed by atoms with Crippen molar-refractivity contribution in [2.75, 3.05) is 70.1 Å². The third-order valence-corrected chi connectivity index (χ3v) is 15.4. The minimum atomic E-state index is -3.92. The fraction of sp³-hybridized carbons (Fsp3) is 0.667. The van der Waals surface area contributed by atoms with Crippen LogP contribution in [-0.4, -0.2) is 116 Å². The van der Waals surface area contributed by atoms with E-state index in [1.165, 1.54) is 96.6 Å². The fourth-order valence-corrected chi connectivity index (χ4v) is 11.1. The topological polar surface area (TPSA) is 86.3 Å². The van der Waals surface area contributed by atoms with Gasteiger partial charge in [0.2, 0.25) is 9.84 Å². The summed E-state index contributed by atoms with van der Waals surface area (Å²) in [5, 5.41) is 0.743. The fourth-order valence-electron chi connectivity index (χ4n) is 9.15. The van der Waals surface area contributed by atoms with Gasteiger partial charge in [-0.3, -0.25) is 19.0 Å². The second-order valence-corrected chi connectivity index (χ2v) is 20.1. The van der Waals surface area contributed by atoms with Crippen LogP contribution in [-0.2, 0) is 20.6 Å². The van der Waals surface area contributed by atoms with Crippen molar-refractivity contribution in [3.63, 3.8) is 0 Å². The van der Waals surface area contributed by atoms with E-state index in [1.54, 1.807) is 30.5 Å². The molecule has 1 atom stereocenters. The van der Waals surface area contributed by atoms with Crippen molar-refractivity contribution in [2.24, 2.45) is 0 Å². The molecule has 9 nitrogen and oxygen atoms in total. The number of fused-ring (bicyclic) bond motifs is 1. The van der Waals surface area contributed by atoms with Crippen LogP contribution in [0.4, 0.5) is 5.69 Å². The number of aromatic nitrogens is 1. The van der Waals surface area contributed by atoms with Crippen LogP contribution >= 0.6 is 0 Å². The average molecular weight is 808 g/mol. The Bertz CT molecular complexity index is 1800. The van der Waals surface area contributed by atoms with E-state index in [-0.39, 0.29) is 9.79 Å². The number of unbranched alkanes of at least 4 members (excludes halogenated alkanes) is 9. The first-order valence-corrected chi connectivity index (χ1v) is 24.9. The predicted octanol–water partition coefficient (Wildman–Crippen LogP) is 8.56.